The Morgan fingerprint density at radius 2 is 1.86 bits per heavy atom. The van der Waals surface area contributed by atoms with Crippen molar-refractivity contribution >= 4 is 52.4 Å². The maximum Gasteiger partial charge on any atom is 0.335 e. The largest absolute Gasteiger partial charge is 0.495 e. The van der Waals surface area contributed by atoms with Crippen LogP contribution in [-0.4, -0.2) is 42.1 Å². The molecular weight excluding hydrogens is 584 g/mol. The lowest BCUT2D eigenvalue weighted by Crippen LogP contribution is -2.49. The number of aromatic carboxylic acids is 1. The first kappa shape index (κ1) is 29.8. The number of carboxylic acid groups (broad SMARTS) is 1. The summed E-state index contributed by atoms with van der Waals surface area (Å²) in [5, 5.41) is 18.8. The van der Waals surface area contributed by atoms with E-state index in [4.69, 9.17) is 27.9 Å². The smallest absolute Gasteiger partial charge is 0.335 e. The Kier molecular flexibility index (Phi) is 7.72. The van der Waals surface area contributed by atoms with E-state index in [1.807, 2.05) is 20.8 Å². The number of ether oxygens (including phenoxy) is 1. The predicted octanol–water partition coefficient (Wildman–Crippen LogP) is 6.23. The van der Waals surface area contributed by atoms with Crippen molar-refractivity contribution in [3.05, 3.63) is 87.2 Å². The van der Waals surface area contributed by atoms with Crippen molar-refractivity contribution in [1.29, 1.82) is 0 Å². The SMILES string of the molecule is COc1cc(C(=O)O)ccc1NC(=O)[C@H]1N[C@H](CC(C)(C)C)[C@]2(C(=O)Nc3cc(Cl)ccc32)[C@@H]1c1cccc(Cl)c1F. The monoisotopic (exact) mass is 613 g/mol. The minimum atomic E-state index is -1.40. The molecule has 4 atom stereocenters. The summed E-state index contributed by atoms with van der Waals surface area (Å²) in [4.78, 5) is 39.8. The van der Waals surface area contributed by atoms with E-state index in [0.29, 0.717) is 22.7 Å². The summed E-state index contributed by atoms with van der Waals surface area (Å²) in [5.41, 5.74) is -0.301. The van der Waals surface area contributed by atoms with E-state index in [1.54, 1.807) is 30.3 Å². The minimum Gasteiger partial charge on any atom is -0.495 e. The molecule has 42 heavy (non-hydrogen) atoms. The number of rotatable bonds is 6. The molecule has 1 fully saturated rings. The summed E-state index contributed by atoms with van der Waals surface area (Å²) in [6, 6.07) is 11.9. The van der Waals surface area contributed by atoms with E-state index in [1.165, 1.54) is 31.4 Å². The van der Waals surface area contributed by atoms with Crippen LogP contribution < -0.4 is 20.7 Å². The Morgan fingerprint density at radius 3 is 2.52 bits per heavy atom. The number of carbonyl (C=O) groups excluding carboxylic acids is 2. The van der Waals surface area contributed by atoms with Gasteiger partial charge in [0.15, 0.2) is 0 Å². The number of fused-ring (bicyclic) bond motifs is 2. The average Bonchev–Trinajstić information content (AvgIpc) is 3.39. The van der Waals surface area contributed by atoms with Gasteiger partial charge < -0.3 is 25.8 Å². The van der Waals surface area contributed by atoms with Crippen molar-refractivity contribution in [2.24, 2.45) is 5.41 Å². The first-order valence-electron chi connectivity index (χ1n) is 13.3. The number of carboxylic acids is 1. The van der Waals surface area contributed by atoms with Gasteiger partial charge in [0.05, 0.1) is 29.4 Å². The van der Waals surface area contributed by atoms with Gasteiger partial charge in [-0.25, -0.2) is 9.18 Å². The third-order valence-corrected chi connectivity index (χ3v) is 8.45. The van der Waals surface area contributed by atoms with Crippen LogP contribution in [0.4, 0.5) is 15.8 Å². The lowest BCUT2D eigenvalue weighted by Gasteiger charge is -2.37. The molecule has 0 saturated carbocycles. The zero-order valence-corrected chi connectivity index (χ0v) is 24.9. The van der Waals surface area contributed by atoms with Crippen LogP contribution in [0.1, 0.15) is 54.6 Å². The fourth-order valence-electron chi connectivity index (χ4n) is 6.29. The second-order valence-corrected chi connectivity index (χ2v) is 12.6. The Labute approximate surface area is 252 Å². The molecule has 4 N–H and O–H groups in total. The van der Waals surface area contributed by atoms with Gasteiger partial charge in [0.2, 0.25) is 11.8 Å². The van der Waals surface area contributed by atoms with Crippen LogP contribution in [0.5, 0.6) is 5.75 Å². The van der Waals surface area contributed by atoms with Gasteiger partial charge in [-0.05, 0) is 59.4 Å². The second-order valence-electron chi connectivity index (χ2n) is 11.8. The van der Waals surface area contributed by atoms with Crippen molar-refractivity contribution in [2.45, 2.75) is 50.6 Å². The maximum absolute atomic E-state index is 15.9. The fraction of sp³-hybridized carbons (Fsp3) is 0.323. The summed E-state index contributed by atoms with van der Waals surface area (Å²) >= 11 is 12.5. The van der Waals surface area contributed by atoms with E-state index in [0.717, 1.165) is 0 Å². The molecule has 1 saturated heterocycles. The van der Waals surface area contributed by atoms with Gasteiger partial charge in [-0.15, -0.1) is 0 Å². The van der Waals surface area contributed by atoms with Gasteiger partial charge >= 0.3 is 5.97 Å². The van der Waals surface area contributed by atoms with E-state index >= 15 is 4.39 Å². The molecule has 11 heteroatoms. The molecule has 3 aromatic rings. The molecule has 2 heterocycles. The molecule has 3 aromatic carbocycles. The number of amides is 2. The molecule has 0 bridgehead atoms. The van der Waals surface area contributed by atoms with E-state index < -0.39 is 41.1 Å². The first-order chi connectivity index (χ1) is 19.8. The van der Waals surface area contributed by atoms with Gasteiger partial charge in [-0.1, -0.05) is 62.2 Å². The molecule has 0 aromatic heterocycles. The zero-order valence-electron chi connectivity index (χ0n) is 23.3. The fourth-order valence-corrected chi connectivity index (χ4v) is 6.64. The lowest BCUT2D eigenvalue weighted by atomic mass is 9.62. The molecule has 2 aliphatic heterocycles. The number of hydrogen-bond acceptors (Lipinski definition) is 5. The number of benzene rings is 3. The third-order valence-electron chi connectivity index (χ3n) is 7.93. The number of carbonyl (C=O) groups is 3. The van der Waals surface area contributed by atoms with Crippen molar-refractivity contribution in [3.63, 3.8) is 0 Å². The number of hydrogen-bond donors (Lipinski definition) is 4. The highest BCUT2D eigenvalue weighted by Crippen LogP contribution is 2.57. The molecule has 0 radical (unpaired) electrons. The Bertz CT molecular complexity index is 1610. The van der Waals surface area contributed by atoms with Crippen LogP contribution in [-0.2, 0) is 15.0 Å². The van der Waals surface area contributed by atoms with E-state index in [-0.39, 0.29) is 38.9 Å². The maximum atomic E-state index is 15.9. The number of nitrogens with one attached hydrogen (secondary N) is 3. The minimum absolute atomic E-state index is 0.0233. The van der Waals surface area contributed by atoms with Crippen molar-refractivity contribution < 1.29 is 28.6 Å². The Morgan fingerprint density at radius 1 is 1.12 bits per heavy atom. The summed E-state index contributed by atoms with van der Waals surface area (Å²) < 4.78 is 21.3. The van der Waals surface area contributed by atoms with Crippen molar-refractivity contribution in [2.75, 3.05) is 17.7 Å². The van der Waals surface area contributed by atoms with E-state index in [2.05, 4.69) is 16.0 Å². The summed E-state index contributed by atoms with van der Waals surface area (Å²) in [7, 11) is 1.36. The number of anilines is 2. The molecule has 0 aliphatic carbocycles. The number of methoxy groups -OCH3 is 1. The number of halogens is 3. The quantitative estimate of drug-likeness (QED) is 0.262. The second kappa shape index (κ2) is 10.9. The van der Waals surface area contributed by atoms with Crippen molar-refractivity contribution in [3.8, 4) is 5.75 Å². The normalized spacial score (nSPS) is 23.0. The third kappa shape index (κ3) is 4.99. The highest BCUT2D eigenvalue weighted by atomic mass is 35.5. The Hall–Kier alpha value is -3.66. The summed E-state index contributed by atoms with van der Waals surface area (Å²) in [6.45, 7) is 6.07. The predicted molar refractivity (Wildman–Crippen MR) is 159 cm³/mol. The molecule has 2 aliphatic rings. The van der Waals surface area contributed by atoms with Gasteiger partial charge in [0, 0.05) is 22.7 Å². The molecule has 2 amide bonds. The van der Waals surface area contributed by atoms with Crippen LogP contribution in [0.2, 0.25) is 10.0 Å². The van der Waals surface area contributed by atoms with Crippen LogP contribution in [0.3, 0.4) is 0 Å². The van der Waals surface area contributed by atoms with Gasteiger partial charge in [-0.3, -0.25) is 9.59 Å². The van der Waals surface area contributed by atoms with Gasteiger partial charge in [0.25, 0.3) is 0 Å². The highest BCUT2D eigenvalue weighted by Gasteiger charge is 2.66. The van der Waals surface area contributed by atoms with E-state index in [9.17, 15) is 19.5 Å². The molecule has 0 unspecified atom stereocenters. The molecule has 8 nitrogen and oxygen atoms in total. The topological polar surface area (TPSA) is 117 Å². The highest BCUT2D eigenvalue weighted by molar-refractivity contribution is 6.31. The summed E-state index contributed by atoms with van der Waals surface area (Å²) in [5.74, 6) is -3.73. The zero-order chi connectivity index (χ0) is 30.6. The van der Waals surface area contributed by atoms with Crippen LogP contribution in [0.25, 0.3) is 0 Å². The van der Waals surface area contributed by atoms with Crippen LogP contribution >= 0.6 is 23.2 Å². The Balaban J connectivity index is 1.70. The standard InChI is InChI=1S/C31H30Cl2FN3O5/c1-30(2,3)14-23-31(18-10-9-16(32)13-21(18)36-29(31)41)24(17-6-5-7-19(33)25(17)34)26(37-23)27(38)35-20-11-8-15(28(39)40)12-22(20)42-4/h5-13,23-24,26,37H,14H2,1-4H3,(H,35,38)(H,36,41)(H,39,40)/t23-,24-,26+,31+/m1/s1. The average molecular weight is 615 g/mol. The molecular formula is C31H30Cl2FN3O5. The van der Waals surface area contributed by atoms with Gasteiger partial charge in [0.1, 0.15) is 17.0 Å². The molecule has 1 spiro atoms. The molecule has 220 valence electrons. The van der Waals surface area contributed by atoms with Crippen molar-refractivity contribution in [1.82, 2.24) is 5.32 Å². The first-order valence-corrected chi connectivity index (χ1v) is 14.1. The summed E-state index contributed by atoms with van der Waals surface area (Å²) in [6.07, 6.45) is 0.460. The van der Waals surface area contributed by atoms with Crippen LogP contribution in [0.15, 0.2) is 54.6 Å². The lowest BCUT2D eigenvalue weighted by molar-refractivity contribution is -0.122. The van der Waals surface area contributed by atoms with Crippen LogP contribution in [0, 0.1) is 11.2 Å². The van der Waals surface area contributed by atoms with Gasteiger partial charge in [-0.2, -0.15) is 0 Å². The molecule has 5 rings (SSSR count).